The number of hydrogen-bond donors (Lipinski definition) is 1. The molecule has 6 nitrogen and oxygen atoms in total. The van der Waals surface area contributed by atoms with E-state index in [0.29, 0.717) is 36.7 Å². The van der Waals surface area contributed by atoms with Gasteiger partial charge >= 0.3 is 0 Å². The standard InChI is InChI=1S/C16H14Cl2FN5O/c17-10-4-1-5-11(19)12(10)13-14(18)22-16-20-8-21-24(16)15(13)23-6-2-3-9(25)7-23/h1,4-5,8-9,25H,2-3,6-7H2. The summed E-state index contributed by atoms with van der Waals surface area (Å²) in [6.07, 6.45) is 2.38. The molecule has 130 valence electrons. The van der Waals surface area contributed by atoms with Gasteiger partial charge in [-0.25, -0.2) is 4.39 Å². The lowest BCUT2D eigenvalue weighted by Gasteiger charge is -2.33. The van der Waals surface area contributed by atoms with Crippen LogP contribution in [-0.2, 0) is 0 Å². The molecule has 1 aliphatic rings. The first-order valence-corrected chi connectivity index (χ1v) is 8.58. The zero-order chi connectivity index (χ0) is 17.6. The number of benzene rings is 1. The summed E-state index contributed by atoms with van der Waals surface area (Å²) in [7, 11) is 0. The summed E-state index contributed by atoms with van der Waals surface area (Å²) in [5.41, 5.74) is 0.506. The Kier molecular flexibility index (Phi) is 4.23. The highest BCUT2D eigenvalue weighted by Crippen LogP contribution is 2.41. The minimum absolute atomic E-state index is 0.0857. The SMILES string of the molecule is OC1CCCN(c2c(-c3c(F)cccc3Cl)c(Cl)nc3ncnn23)C1. The van der Waals surface area contributed by atoms with Crippen molar-refractivity contribution >= 4 is 34.8 Å². The maximum atomic E-state index is 14.6. The van der Waals surface area contributed by atoms with Crippen LogP contribution in [0.5, 0.6) is 0 Å². The van der Waals surface area contributed by atoms with Crippen LogP contribution >= 0.6 is 23.2 Å². The van der Waals surface area contributed by atoms with Crippen molar-refractivity contribution in [3.8, 4) is 11.1 Å². The molecule has 25 heavy (non-hydrogen) atoms. The number of halogens is 3. The third-order valence-corrected chi connectivity index (χ3v) is 4.86. The molecular formula is C16H14Cl2FN5O. The topological polar surface area (TPSA) is 66.5 Å². The minimum Gasteiger partial charge on any atom is -0.391 e. The molecule has 0 spiro atoms. The fraction of sp³-hybridized carbons (Fsp3) is 0.312. The predicted molar refractivity (Wildman–Crippen MR) is 93.6 cm³/mol. The van der Waals surface area contributed by atoms with Crippen LogP contribution in [0.4, 0.5) is 10.2 Å². The number of fused-ring (bicyclic) bond motifs is 1. The molecule has 3 heterocycles. The highest BCUT2D eigenvalue weighted by atomic mass is 35.5. The van der Waals surface area contributed by atoms with Crippen molar-refractivity contribution in [2.24, 2.45) is 0 Å². The number of hydrogen-bond acceptors (Lipinski definition) is 5. The Hall–Kier alpha value is -1.96. The van der Waals surface area contributed by atoms with Gasteiger partial charge in [0, 0.05) is 18.7 Å². The summed E-state index contributed by atoms with van der Waals surface area (Å²) in [6.45, 7) is 1.06. The molecule has 0 amide bonds. The van der Waals surface area contributed by atoms with Gasteiger partial charge < -0.3 is 10.0 Å². The second-order valence-corrected chi connectivity index (χ2v) is 6.68. The van der Waals surface area contributed by atoms with Crippen molar-refractivity contribution in [3.63, 3.8) is 0 Å². The van der Waals surface area contributed by atoms with E-state index in [1.807, 2.05) is 4.90 Å². The van der Waals surface area contributed by atoms with Crippen LogP contribution in [0.1, 0.15) is 12.8 Å². The van der Waals surface area contributed by atoms with E-state index in [0.717, 1.165) is 6.42 Å². The van der Waals surface area contributed by atoms with E-state index in [2.05, 4.69) is 15.1 Å². The summed E-state index contributed by atoms with van der Waals surface area (Å²) in [6, 6.07) is 4.44. The van der Waals surface area contributed by atoms with Crippen LogP contribution in [0.2, 0.25) is 10.2 Å². The van der Waals surface area contributed by atoms with Crippen molar-refractivity contribution in [1.29, 1.82) is 0 Å². The number of piperidine rings is 1. The van der Waals surface area contributed by atoms with Gasteiger partial charge in [0.15, 0.2) is 0 Å². The fourth-order valence-electron chi connectivity index (χ4n) is 3.19. The van der Waals surface area contributed by atoms with E-state index >= 15 is 0 Å². The van der Waals surface area contributed by atoms with Gasteiger partial charge in [-0.3, -0.25) is 0 Å². The lowest BCUT2D eigenvalue weighted by molar-refractivity contribution is 0.153. The molecule has 1 fully saturated rings. The summed E-state index contributed by atoms with van der Waals surface area (Å²) in [4.78, 5) is 10.2. The van der Waals surface area contributed by atoms with Gasteiger partial charge in [-0.05, 0) is 25.0 Å². The molecule has 1 aromatic carbocycles. The fourth-order valence-corrected chi connectivity index (χ4v) is 3.71. The van der Waals surface area contributed by atoms with Gasteiger partial charge in [0.25, 0.3) is 5.78 Å². The molecule has 1 saturated heterocycles. The molecule has 1 aliphatic heterocycles. The van der Waals surface area contributed by atoms with Gasteiger partial charge in [-0.2, -0.15) is 19.6 Å². The zero-order valence-electron chi connectivity index (χ0n) is 13.0. The molecule has 0 saturated carbocycles. The van der Waals surface area contributed by atoms with Crippen LogP contribution in [0.25, 0.3) is 16.9 Å². The second-order valence-electron chi connectivity index (χ2n) is 5.91. The Morgan fingerprint density at radius 2 is 2.08 bits per heavy atom. The quantitative estimate of drug-likeness (QED) is 0.690. The minimum atomic E-state index is -0.505. The predicted octanol–water partition coefficient (Wildman–Crippen LogP) is 3.20. The van der Waals surface area contributed by atoms with Crippen LogP contribution in [0.15, 0.2) is 24.5 Å². The molecule has 0 radical (unpaired) electrons. The van der Waals surface area contributed by atoms with Crippen LogP contribution in [-0.4, -0.2) is 43.9 Å². The number of aromatic nitrogens is 4. The van der Waals surface area contributed by atoms with E-state index in [1.165, 1.54) is 23.0 Å². The summed E-state index contributed by atoms with van der Waals surface area (Å²) >= 11 is 12.7. The molecule has 0 aliphatic carbocycles. The van der Waals surface area contributed by atoms with Crippen molar-refractivity contribution < 1.29 is 9.50 Å². The second kappa shape index (κ2) is 6.40. The van der Waals surface area contributed by atoms with E-state index in [1.54, 1.807) is 6.07 Å². The molecule has 2 aromatic heterocycles. The van der Waals surface area contributed by atoms with Gasteiger partial charge in [0.1, 0.15) is 23.1 Å². The summed E-state index contributed by atoms with van der Waals surface area (Å²) < 4.78 is 16.1. The molecule has 1 N–H and O–H groups in total. The largest absolute Gasteiger partial charge is 0.391 e. The highest BCUT2D eigenvalue weighted by Gasteiger charge is 2.28. The van der Waals surface area contributed by atoms with Gasteiger partial charge in [0.05, 0.1) is 16.7 Å². The summed E-state index contributed by atoms with van der Waals surface area (Å²) in [5, 5.41) is 14.6. The summed E-state index contributed by atoms with van der Waals surface area (Å²) in [5.74, 6) is 0.323. The van der Waals surface area contributed by atoms with Gasteiger partial charge in [-0.1, -0.05) is 29.3 Å². The van der Waals surface area contributed by atoms with E-state index in [4.69, 9.17) is 23.2 Å². The Labute approximate surface area is 152 Å². The molecule has 3 aromatic rings. The molecule has 9 heteroatoms. The van der Waals surface area contributed by atoms with Crippen LogP contribution in [0.3, 0.4) is 0 Å². The first-order valence-electron chi connectivity index (χ1n) is 7.83. The van der Waals surface area contributed by atoms with Crippen molar-refractivity contribution in [3.05, 3.63) is 40.5 Å². The third kappa shape index (κ3) is 2.82. The van der Waals surface area contributed by atoms with Crippen molar-refractivity contribution in [2.75, 3.05) is 18.0 Å². The number of aliphatic hydroxyl groups excluding tert-OH is 1. The van der Waals surface area contributed by atoms with E-state index in [9.17, 15) is 9.50 Å². The molecule has 4 rings (SSSR count). The van der Waals surface area contributed by atoms with Crippen LogP contribution in [0, 0.1) is 5.82 Å². The Morgan fingerprint density at radius 3 is 2.84 bits per heavy atom. The Balaban J connectivity index is 2.03. The third-order valence-electron chi connectivity index (χ3n) is 4.27. The smallest absolute Gasteiger partial charge is 0.255 e. The maximum Gasteiger partial charge on any atom is 0.255 e. The molecule has 0 bridgehead atoms. The Bertz CT molecular complexity index is 927. The maximum absolute atomic E-state index is 14.6. The average molecular weight is 382 g/mol. The number of anilines is 1. The normalized spacial score (nSPS) is 18.1. The van der Waals surface area contributed by atoms with Crippen molar-refractivity contribution in [2.45, 2.75) is 18.9 Å². The lowest BCUT2D eigenvalue weighted by atomic mass is 10.0. The van der Waals surface area contributed by atoms with E-state index < -0.39 is 11.9 Å². The molecular weight excluding hydrogens is 368 g/mol. The number of β-amino-alcohol motifs (C(OH)–C–C–N with tert-alkyl or cyclic N) is 1. The monoisotopic (exact) mass is 381 g/mol. The Morgan fingerprint density at radius 1 is 1.24 bits per heavy atom. The zero-order valence-corrected chi connectivity index (χ0v) is 14.5. The average Bonchev–Trinajstić information content (AvgIpc) is 3.02. The highest BCUT2D eigenvalue weighted by molar-refractivity contribution is 6.36. The van der Waals surface area contributed by atoms with Crippen LogP contribution < -0.4 is 4.90 Å². The molecule has 1 unspecified atom stereocenters. The van der Waals surface area contributed by atoms with Gasteiger partial charge in [0.2, 0.25) is 0 Å². The number of rotatable bonds is 2. The number of nitrogens with zero attached hydrogens (tertiary/aromatic N) is 5. The van der Waals surface area contributed by atoms with Gasteiger partial charge in [-0.15, -0.1) is 0 Å². The first-order chi connectivity index (χ1) is 12.1. The first kappa shape index (κ1) is 16.5. The lowest BCUT2D eigenvalue weighted by Crippen LogP contribution is -2.39. The van der Waals surface area contributed by atoms with E-state index in [-0.39, 0.29) is 15.7 Å². The number of aliphatic hydroxyl groups is 1. The van der Waals surface area contributed by atoms with Crippen molar-refractivity contribution in [1.82, 2.24) is 19.6 Å². The molecule has 1 atom stereocenters.